The lowest BCUT2D eigenvalue weighted by molar-refractivity contribution is 0.233. The highest BCUT2D eigenvalue weighted by atomic mass is 16.5. The number of anilines is 1. The number of pyridine rings is 1. The number of hydrogen-bond donors (Lipinski definition) is 1. The van der Waals surface area contributed by atoms with E-state index in [1.807, 2.05) is 32.1 Å². The molecule has 0 amide bonds. The van der Waals surface area contributed by atoms with Crippen molar-refractivity contribution in [2.45, 2.75) is 60.4 Å². The molecular weight excluding hydrogens is 334 g/mol. The highest BCUT2D eigenvalue weighted by Crippen LogP contribution is 2.35. The standard InChI is InChI=1S/C23H33N3O/c1-8-12-13-18(17(7)27-11-4)20-14-19(24)23-22(25-20)16(6)21(10-3)26(23)15(5)9-2/h8,12-15H,1,9-11H2,2-7H3,(H2,24,25)/b13-12-,18-17-. The molecule has 2 aromatic heterocycles. The van der Waals surface area contributed by atoms with Crippen molar-refractivity contribution in [3.63, 3.8) is 0 Å². The molecule has 0 saturated heterocycles. The summed E-state index contributed by atoms with van der Waals surface area (Å²) in [6, 6.07) is 2.35. The Balaban J connectivity index is 2.82. The number of hydrogen-bond acceptors (Lipinski definition) is 3. The van der Waals surface area contributed by atoms with Gasteiger partial charge < -0.3 is 15.0 Å². The second-order valence-corrected chi connectivity index (χ2v) is 6.84. The maximum atomic E-state index is 6.56. The fourth-order valence-corrected chi connectivity index (χ4v) is 3.61. The van der Waals surface area contributed by atoms with Gasteiger partial charge in [-0.15, -0.1) is 0 Å². The van der Waals surface area contributed by atoms with Gasteiger partial charge in [-0.1, -0.05) is 32.6 Å². The van der Waals surface area contributed by atoms with E-state index in [0.29, 0.717) is 12.6 Å². The Hall–Kier alpha value is -2.49. The second-order valence-electron chi connectivity index (χ2n) is 6.84. The van der Waals surface area contributed by atoms with Crippen molar-refractivity contribution < 1.29 is 4.74 Å². The van der Waals surface area contributed by atoms with Gasteiger partial charge in [0.2, 0.25) is 0 Å². The topological polar surface area (TPSA) is 53.1 Å². The third kappa shape index (κ3) is 3.95. The van der Waals surface area contributed by atoms with Crippen LogP contribution in [0.3, 0.4) is 0 Å². The van der Waals surface area contributed by atoms with E-state index in [0.717, 1.165) is 46.6 Å². The van der Waals surface area contributed by atoms with Crippen molar-refractivity contribution in [3.8, 4) is 0 Å². The number of nitrogens with zero attached hydrogens (tertiary/aromatic N) is 2. The highest BCUT2D eigenvalue weighted by Gasteiger charge is 2.21. The van der Waals surface area contributed by atoms with Crippen LogP contribution in [0, 0.1) is 6.92 Å². The minimum atomic E-state index is 0.381. The summed E-state index contributed by atoms with van der Waals surface area (Å²) >= 11 is 0. The Bertz CT molecular complexity index is 887. The number of ether oxygens (including phenoxy) is 1. The van der Waals surface area contributed by atoms with E-state index >= 15 is 0 Å². The number of nitrogens with two attached hydrogens (primary N) is 1. The van der Waals surface area contributed by atoms with Crippen LogP contribution in [0.15, 0.2) is 36.6 Å². The lowest BCUT2D eigenvalue weighted by Gasteiger charge is -2.18. The third-order valence-corrected chi connectivity index (χ3v) is 5.12. The molecule has 4 nitrogen and oxygen atoms in total. The summed E-state index contributed by atoms with van der Waals surface area (Å²) in [4.78, 5) is 5.01. The van der Waals surface area contributed by atoms with Crippen LogP contribution in [0.2, 0.25) is 0 Å². The van der Waals surface area contributed by atoms with Crippen molar-refractivity contribution in [2.75, 3.05) is 12.3 Å². The number of aromatic nitrogens is 2. The Morgan fingerprint density at radius 2 is 2.07 bits per heavy atom. The van der Waals surface area contributed by atoms with Crippen LogP contribution in [-0.4, -0.2) is 16.2 Å². The third-order valence-electron chi connectivity index (χ3n) is 5.12. The quantitative estimate of drug-likeness (QED) is 0.462. The van der Waals surface area contributed by atoms with Gasteiger partial charge >= 0.3 is 0 Å². The first-order valence-corrected chi connectivity index (χ1v) is 9.84. The van der Waals surface area contributed by atoms with Crippen molar-refractivity contribution in [1.29, 1.82) is 0 Å². The monoisotopic (exact) mass is 367 g/mol. The summed E-state index contributed by atoms with van der Waals surface area (Å²) in [5.41, 5.74) is 13.6. The lowest BCUT2D eigenvalue weighted by Crippen LogP contribution is -2.09. The van der Waals surface area contributed by atoms with E-state index in [1.54, 1.807) is 6.08 Å². The van der Waals surface area contributed by atoms with Crippen molar-refractivity contribution in [2.24, 2.45) is 0 Å². The molecule has 0 saturated carbocycles. The SMILES string of the molecule is C=C/C=C\C(=C(/C)OCC)c1cc(N)c2c(n1)c(C)c(CC)n2C(C)CC. The minimum Gasteiger partial charge on any atom is -0.498 e. The molecule has 0 fully saturated rings. The number of aryl methyl sites for hydroxylation is 1. The summed E-state index contributed by atoms with van der Waals surface area (Å²) < 4.78 is 8.12. The average molecular weight is 368 g/mol. The summed E-state index contributed by atoms with van der Waals surface area (Å²) in [6.07, 6.45) is 7.63. The first-order valence-electron chi connectivity index (χ1n) is 9.84. The van der Waals surface area contributed by atoms with E-state index in [1.165, 1.54) is 11.3 Å². The molecule has 0 bridgehead atoms. The van der Waals surface area contributed by atoms with Gasteiger partial charge in [0.15, 0.2) is 0 Å². The smallest absolute Gasteiger partial charge is 0.102 e. The zero-order chi connectivity index (χ0) is 20.1. The Morgan fingerprint density at radius 3 is 2.63 bits per heavy atom. The van der Waals surface area contributed by atoms with E-state index in [4.69, 9.17) is 15.5 Å². The molecule has 0 aromatic carbocycles. The molecule has 0 radical (unpaired) electrons. The predicted octanol–water partition coefficient (Wildman–Crippen LogP) is 5.97. The number of nitrogen functional groups attached to an aromatic ring is 1. The molecule has 0 aliphatic carbocycles. The lowest BCUT2D eigenvalue weighted by atomic mass is 10.1. The molecule has 2 rings (SSSR count). The maximum absolute atomic E-state index is 6.56. The van der Waals surface area contributed by atoms with Crippen LogP contribution in [-0.2, 0) is 11.2 Å². The largest absolute Gasteiger partial charge is 0.498 e. The van der Waals surface area contributed by atoms with E-state index in [-0.39, 0.29) is 0 Å². The van der Waals surface area contributed by atoms with Gasteiger partial charge in [0, 0.05) is 17.3 Å². The molecule has 27 heavy (non-hydrogen) atoms. The van der Waals surface area contributed by atoms with Crippen LogP contribution in [0.1, 0.15) is 64.0 Å². The van der Waals surface area contributed by atoms with Gasteiger partial charge in [-0.2, -0.15) is 0 Å². The predicted molar refractivity (Wildman–Crippen MR) is 117 cm³/mol. The Labute approximate surface area is 163 Å². The first kappa shape index (κ1) is 20.8. The van der Waals surface area contributed by atoms with Gasteiger partial charge in [-0.3, -0.25) is 0 Å². The fraction of sp³-hybridized carbons (Fsp3) is 0.435. The van der Waals surface area contributed by atoms with Crippen LogP contribution in [0.5, 0.6) is 0 Å². The summed E-state index contributed by atoms with van der Waals surface area (Å²) in [7, 11) is 0. The van der Waals surface area contributed by atoms with Crippen LogP contribution in [0.4, 0.5) is 5.69 Å². The van der Waals surface area contributed by atoms with Gasteiger partial charge in [0.05, 0.1) is 29.0 Å². The van der Waals surface area contributed by atoms with E-state index in [9.17, 15) is 0 Å². The van der Waals surface area contributed by atoms with Gasteiger partial charge in [-0.05, 0) is 58.2 Å². The van der Waals surface area contributed by atoms with Crippen LogP contribution >= 0.6 is 0 Å². The molecule has 2 N–H and O–H groups in total. The van der Waals surface area contributed by atoms with E-state index < -0.39 is 0 Å². The van der Waals surface area contributed by atoms with Gasteiger partial charge in [-0.25, -0.2) is 4.98 Å². The molecule has 2 aromatic rings. The highest BCUT2D eigenvalue weighted by molar-refractivity contribution is 5.94. The molecule has 146 valence electrons. The average Bonchev–Trinajstić information content (AvgIpc) is 2.94. The molecule has 0 spiro atoms. The van der Waals surface area contributed by atoms with Crippen molar-refractivity contribution in [3.05, 3.63) is 53.6 Å². The molecule has 1 atom stereocenters. The van der Waals surface area contributed by atoms with Crippen molar-refractivity contribution >= 4 is 22.3 Å². The summed E-state index contributed by atoms with van der Waals surface area (Å²) in [5, 5.41) is 0. The normalized spacial score (nSPS) is 13.9. The number of allylic oxidation sites excluding steroid dienone is 5. The van der Waals surface area contributed by atoms with Crippen molar-refractivity contribution in [1.82, 2.24) is 9.55 Å². The fourth-order valence-electron chi connectivity index (χ4n) is 3.61. The van der Waals surface area contributed by atoms with E-state index in [2.05, 4.69) is 38.8 Å². The molecular formula is C23H33N3O. The molecule has 1 unspecified atom stereocenters. The maximum Gasteiger partial charge on any atom is 0.102 e. The van der Waals surface area contributed by atoms with Crippen LogP contribution in [0.25, 0.3) is 16.6 Å². The molecule has 4 heteroatoms. The molecule has 2 heterocycles. The number of fused-ring (bicyclic) bond motifs is 1. The molecule has 0 aliphatic rings. The zero-order valence-electron chi connectivity index (χ0n) is 17.6. The Kier molecular flexibility index (Phi) is 6.89. The van der Waals surface area contributed by atoms with Crippen LogP contribution < -0.4 is 5.73 Å². The minimum absolute atomic E-state index is 0.381. The molecule has 0 aliphatic heterocycles. The van der Waals surface area contributed by atoms with Gasteiger partial charge in [0.25, 0.3) is 0 Å². The summed E-state index contributed by atoms with van der Waals surface area (Å²) in [5.74, 6) is 0.830. The van der Waals surface area contributed by atoms with Gasteiger partial charge in [0.1, 0.15) is 5.76 Å². The zero-order valence-corrected chi connectivity index (χ0v) is 17.6. The Morgan fingerprint density at radius 1 is 1.37 bits per heavy atom. The second kappa shape index (κ2) is 8.94. The first-order chi connectivity index (χ1) is 12.9. The summed E-state index contributed by atoms with van der Waals surface area (Å²) in [6.45, 7) is 17.1. The number of rotatable bonds is 8.